The highest BCUT2D eigenvalue weighted by atomic mass is 79.9. The molecule has 2 rings (SSSR count). The number of halogens is 1. The van der Waals surface area contributed by atoms with Gasteiger partial charge in [-0.3, -0.25) is 4.98 Å². The van der Waals surface area contributed by atoms with Crippen molar-refractivity contribution in [3.05, 3.63) is 23.3 Å². The van der Waals surface area contributed by atoms with Crippen LogP contribution in [0.25, 0.3) is 11.1 Å². The smallest absolute Gasteiger partial charge is 0.182 e. The summed E-state index contributed by atoms with van der Waals surface area (Å²) in [5.74, 6) is 0. The summed E-state index contributed by atoms with van der Waals surface area (Å²) >= 11 is 3.28. The van der Waals surface area contributed by atoms with Crippen molar-refractivity contribution in [1.82, 2.24) is 9.97 Å². The summed E-state index contributed by atoms with van der Waals surface area (Å²) < 4.78 is 5.89. The number of hydrogen-bond acceptors (Lipinski definition) is 3. The standard InChI is InChI=1S/C6H3BrN2O/c7-4-1-8-2-5-6(4)10-3-9-5/h1-3H. The molecule has 4 heteroatoms. The molecule has 10 heavy (non-hydrogen) atoms. The van der Waals surface area contributed by atoms with Crippen molar-refractivity contribution in [3.8, 4) is 0 Å². The molecule has 0 amide bonds. The van der Waals surface area contributed by atoms with E-state index in [4.69, 9.17) is 4.42 Å². The van der Waals surface area contributed by atoms with Crippen molar-refractivity contribution < 1.29 is 4.42 Å². The van der Waals surface area contributed by atoms with Gasteiger partial charge in [0.2, 0.25) is 0 Å². The quantitative estimate of drug-likeness (QED) is 0.651. The van der Waals surface area contributed by atoms with Crippen LogP contribution < -0.4 is 0 Å². The van der Waals surface area contributed by atoms with Crippen molar-refractivity contribution in [2.24, 2.45) is 0 Å². The SMILES string of the molecule is Brc1cncc2ncoc12. The maximum Gasteiger partial charge on any atom is 0.182 e. The zero-order chi connectivity index (χ0) is 6.97. The highest BCUT2D eigenvalue weighted by Gasteiger charge is 2.00. The first-order valence-electron chi connectivity index (χ1n) is 2.70. The number of nitrogens with zero attached hydrogens (tertiary/aromatic N) is 2. The third kappa shape index (κ3) is 0.724. The third-order valence-corrected chi connectivity index (χ3v) is 1.76. The van der Waals surface area contributed by atoms with E-state index in [1.54, 1.807) is 12.4 Å². The van der Waals surface area contributed by atoms with Gasteiger partial charge in [-0.1, -0.05) is 0 Å². The number of fused-ring (bicyclic) bond motifs is 1. The molecule has 0 aliphatic carbocycles. The van der Waals surface area contributed by atoms with Crippen LogP contribution in [0.15, 0.2) is 27.7 Å². The van der Waals surface area contributed by atoms with E-state index in [0.717, 1.165) is 15.6 Å². The molecule has 0 N–H and O–H groups in total. The lowest BCUT2D eigenvalue weighted by Crippen LogP contribution is -1.72. The third-order valence-electron chi connectivity index (χ3n) is 1.20. The van der Waals surface area contributed by atoms with Crippen LogP contribution in [0.3, 0.4) is 0 Å². The molecule has 0 unspecified atom stereocenters. The Morgan fingerprint density at radius 1 is 1.40 bits per heavy atom. The molecule has 3 nitrogen and oxygen atoms in total. The molecule has 2 aromatic rings. The summed E-state index contributed by atoms with van der Waals surface area (Å²) in [6.45, 7) is 0. The summed E-state index contributed by atoms with van der Waals surface area (Å²) in [4.78, 5) is 7.84. The first-order chi connectivity index (χ1) is 4.88. The maximum absolute atomic E-state index is 5.05. The first-order valence-corrected chi connectivity index (χ1v) is 3.50. The minimum Gasteiger partial charge on any atom is -0.442 e. The van der Waals surface area contributed by atoms with Crippen LogP contribution in [0, 0.1) is 0 Å². The van der Waals surface area contributed by atoms with Crippen molar-refractivity contribution in [2.75, 3.05) is 0 Å². The van der Waals surface area contributed by atoms with Gasteiger partial charge in [0.25, 0.3) is 0 Å². The van der Waals surface area contributed by atoms with Gasteiger partial charge in [-0.05, 0) is 15.9 Å². The second-order valence-electron chi connectivity index (χ2n) is 1.82. The highest BCUT2D eigenvalue weighted by molar-refractivity contribution is 9.10. The van der Waals surface area contributed by atoms with E-state index in [0.29, 0.717) is 0 Å². The lowest BCUT2D eigenvalue weighted by Gasteiger charge is -1.86. The molecular weight excluding hydrogens is 196 g/mol. The lowest BCUT2D eigenvalue weighted by molar-refractivity contribution is 0.600. The van der Waals surface area contributed by atoms with Gasteiger partial charge in [0.1, 0.15) is 5.52 Å². The van der Waals surface area contributed by atoms with Gasteiger partial charge in [0.15, 0.2) is 12.0 Å². The molecule has 0 spiro atoms. The molecule has 0 atom stereocenters. The van der Waals surface area contributed by atoms with Crippen LogP contribution >= 0.6 is 15.9 Å². The molecule has 2 heterocycles. The Balaban J connectivity index is 2.95. The van der Waals surface area contributed by atoms with Gasteiger partial charge >= 0.3 is 0 Å². The van der Waals surface area contributed by atoms with E-state index < -0.39 is 0 Å². The largest absolute Gasteiger partial charge is 0.442 e. The summed E-state index contributed by atoms with van der Waals surface area (Å²) in [6.07, 6.45) is 4.73. The van der Waals surface area contributed by atoms with E-state index in [2.05, 4.69) is 25.9 Å². The van der Waals surface area contributed by atoms with Crippen LogP contribution in [0.4, 0.5) is 0 Å². The van der Waals surface area contributed by atoms with Crippen molar-refractivity contribution in [3.63, 3.8) is 0 Å². The molecule has 0 aliphatic rings. The number of hydrogen-bond donors (Lipinski definition) is 0. The summed E-state index contributed by atoms with van der Waals surface area (Å²) in [7, 11) is 0. The predicted octanol–water partition coefficient (Wildman–Crippen LogP) is 1.99. The van der Waals surface area contributed by atoms with Crippen molar-refractivity contribution in [2.45, 2.75) is 0 Å². The monoisotopic (exact) mass is 198 g/mol. The molecule has 0 saturated heterocycles. The summed E-state index contributed by atoms with van der Waals surface area (Å²) in [6, 6.07) is 0. The van der Waals surface area contributed by atoms with E-state index in [-0.39, 0.29) is 0 Å². The van der Waals surface area contributed by atoms with E-state index in [9.17, 15) is 0 Å². The molecule has 0 saturated carbocycles. The fourth-order valence-electron chi connectivity index (χ4n) is 0.757. The van der Waals surface area contributed by atoms with E-state index in [1.165, 1.54) is 6.39 Å². The van der Waals surface area contributed by atoms with Gasteiger partial charge in [0, 0.05) is 6.20 Å². The minimum atomic E-state index is 0.745. The molecule has 0 aliphatic heterocycles. The molecule has 0 radical (unpaired) electrons. The number of pyridine rings is 1. The van der Waals surface area contributed by atoms with Gasteiger partial charge in [0.05, 0.1) is 10.7 Å². The Morgan fingerprint density at radius 2 is 2.30 bits per heavy atom. The molecule has 0 bridgehead atoms. The predicted molar refractivity (Wildman–Crippen MR) is 39.5 cm³/mol. The summed E-state index contributed by atoms with van der Waals surface area (Å²) in [5.41, 5.74) is 1.52. The van der Waals surface area contributed by atoms with Crippen LogP contribution in [0.1, 0.15) is 0 Å². The van der Waals surface area contributed by atoms with Crippen LogP contribution in [0.5, 0.6) is 0 Å². The Labute approximate surface area is 65.2 Å². The Morgan fingerprint density at radius 3 is 3.10 bits per heavy atom. The maximum atomic E-state index is 5.05. The first kappa shape index (κ1) is 5.85. The molecule has 0 fully saturated rings. The second kappa shape index (κ2) is 2.05. The normalized spacial score (nSPS) is 10.5. The summed E-state index contributed by atoms with van der Waals surface area (Å²) in [5, 5.41) is 0. The molecule has 2 aromatic heterocycles. The highest BCUT2D eigenvalue weighted by Crippen LogP contribution is 2.20. The van der Waals surface area contributed by atoms with Crippen LogP contribution in [0.2, 0.25) is 0 Å². The molecule has 50 valence electrons. The Kier molecular flexibility index (Phi) is 1.20. The molecular formula is C6H3BrN2O. The number of aromatic nitrogens is 2. The molecule has 0 aromatic carbocycles. The fraction of sp³-hybridized carbons (Fsp3) is 0. The van der Waals surface area contributed by atoms with E-state index >= 15 is 0 Å². The Bertz CT molecular complexity index is 357. The minimum absolute atomic E-state index is 0.745. The van der Waals surface area contributed by atoms with E-state index in [1.807, 2.05) is 0 Å². The van der Waals surface area contributed by atoms with Crippen molar-refractivity contribution in [1.29, 1.82) is 0 Å². The van der Waals surface area contributed by atoms with Crippen molar-refractivity contribution >= 4 is 27.0 Å². The Hall–Kier alpha value is -0.900. The van der Waals surface area contributed by atoms with Gasteiger partial charge in [-0.25, -0.2) is 4.98 Å². The van der Waals surface area contributed by atoms with Gasteiger partial charge in [-0.15, -0.1) is 0 Å². The topological polar surface area (TPSA) is 38.9 Å². The fourth-order valence-corrected chi connectivity index (χ4v) is 1.17. The zero-order valence-corrected chi connectivity index (χ0v) is 6.50. The van der Waals surface area contributed by atoms with Crippen LogP contribution in [-0.4, -0.2) is 9.97 Å². The zero-order valence-electron chi connectivity index (χ0n) is 4.91. The van der Waals surface area contributed by atoms with Gasteiger partial charge < -0.3 is 4.42 Å². The lowest BCUT2D eigenvalue weighted by atomic mass is 10.4. The average molecular weight is 199 g/mol. The average Bonchev–Trinajstić information content (AvgIpc) is 2.36. The van der Waals surface area contributed by atoms with Gasteiger partial charge in [-0.2, -0.15) is 0 Å². The number of oxazole rings is 1. The second-order valence-corrected chi connectivity index (χ2v) is 2.68. The number of rotatable bonds is 0. The van der Waals surface area contributed by atoms with Crippen LogP contribution in [-0.2, 0) is 0 Å².